The zero-order valence-corrected chi connectivity index (χ0v) is 12.6. The van der Waals surface area contributed by atoms with Crippen LogP contribution in [-0.4, -0.2) is 23.7 Å². The van der Waals surface area contributed by atoms with Crippen LogP contribution in [0.1, 0.15) is 40.1 Å². The number of carboxylic acid groups (broad SMARTS) is 1. The van der Waals surface area contributed by atoms with Crippen molar-refractivity contribution in [3.05, 3.63) is 59.2 Å². The van der Waals surface area contributed by atoms with Crippen LogP contribution in [0.3, 0.4) is 0 Å². The SMILES string of the molecule is CCOC(=O)c1cc(C(=O)O)cc(-c2ccc(CC)cc2)c1. The summed E-state index contributed by atoms with van der Waals surface area (Å²) in [4.78, 5) is 23.2. The summed E-state index contributed by atoms with van der Waals surface area (Å²) in [6.45, 7) is 4.03. The third kappa shape index (κ3) is 3.52. The molecule has 4 heteroatoms. The van der Waals surface area contributed by atoms with Gasteiger partial charge in [0.05, 0.1) is 17.7 Å². The summed E-state index contributed by atoms with van der Waals surface area (Å²) < 4.78 is 4.96. The summed E-state index contributed by atoms with van der Waals surface area (Å²) in [6, 6.07) is 12.4. The average molecular weight is 298 g/mol. The molecule has 1 N–H and O–H groups in total. The largest absolute Gasteiger partial charge is 0.478 e. The first-order valence-electron chi connectivity index (χ1n) is 7.20. The van der Waals surface area contributed by atoms with Crippen LogP contribution in [0.2, 0.25) is 0 Å². The maximum atomic E-state index is 11.9. The van der Waals surface area contributed by atoms with E-state index in [-0.39, 0.29) is 17.7 Å². The zero-order valence-electron chi connectivity index (χ0n) is 12.6. The van der Waals surface area contributed by atoms with Gasteiger partial charge in [-0.15, -0.1) is 0 Å². The van der Waals surface area contributed by atoms with Gasteiger partial charge in [-0.3, -0.25) is 0 Å². The molecule has 0 spiro atoms. The summed E-state index contributed by atoms with van der Waals surface area (Å²) in [5.41, 5.74) is 3.07. The Morgan fingerprint density at radius 2 is 1.59 bits per heavy atom. The average Bonchev–Trinajstić information content (AvgIpc) is 2.54. The first-order valence-corrected chi connectivity index (χ1v) is 7.20. The number of ether oxygens (including phenoxy) is 1. The summed E-state index contributed by atoms with van der Waals surface area (Å²) >= 11 is 0. The Balaban J connectivity index is 2.49. The second-order valence-corrected chi connectivity index (χ2v) is 4.88. The van der Waals surface area contributed by atoms with Crippen molar-refractivity contribution in [2.24, 2.45) is 0 Å². The maximum absolute atomic E-state index is 11.9. The highest BCUT2D eigenvalue weighted by atomic mass is 16.5. The van der Waals surface area contributed by atoms with Crippen molar-refractivity contribution in [2.75, 3.05) is 6.61 Å². The highest BCUT2D eigenvalue weighted by Gasteiger charge is 2.14. The molecule has 0 atom stereocenters. The molecule has 0 fully saturated rings. The smallest absolute Gasteiger partial charge is 0.338 e. The number of benzene rings is 2. The molecule has 4 nitrogen and oxygen atoms in total. The fourth-order valence-electron chi connectivity index (χ4n) is 2.18. The van der Waals surface area contributed by atoms with Crippen molar-refractivity contribution in [1.82, 2.24) is 0 Å². The normalized spacial score (nSPS) is 10.3. The highest BCUT2D eigenvalue weighted by Crippen LogP contribution is 2.24. The molecule has 0 aliphatic rings. The van der Waals surface area contributed by atoms with Gasteiger partial charge in [0.2, 0.25) is 0 Å². The van der Waals surface area contributed by atoms with Gasteiger partial charge in [-0.2, -0.15) is 0 Å². The van der Waals surface area contributed by atoms with Crippen molar-refractivity contribution in [3.8, 4) is 11.1 Å². The van der Waals surface area contributed by atoms with E-state index in [0.717, 1.165) is 12.0 Å². The highest BCUT2D eigenvalue weighted by molar-refractivity contribution is 5.96. The number of aryl methyl sites for hydroxylation is 1. The Labute approximate surface area is 129 Å². The summed E-state index contributed by atoms with van der Waals surface area (Å²) in [5, 5.41) is 9.22. The molecular weight excluding hydrogens is 280 g/mol. The monoisotopic (exact) mass is 298 g/mol. The van der Waals surface area contributed by atoms with Crippen molar-refractivity contribution < 1.29 is 19.4 Å². The number of aromatic carboxylic acids is 1. The van der Waals surface area contributed by atoms with Gasteiger partial charge >= 0.3 is 11.9 Å². The molecule has 0 aliphatic carbocycles. The van der Waals surface area contributed by atoms with E-state index in [0.29, 0.717) is 5.56 Å². The van der Waals surface area contributed by atoms with Crippen molar-refractivity contribution in [1.29, 1.82) is 0 Å². The third-order valence-electron chi connectivity index (χ3n) is 3.39. The number of rotatable bonds is 5. The maximum Gasteiger partial charge on any atom is 0.338 e. The fraction of sp³-hybridized carbons (Fsp3) is 0.222. The van der Waals surface area contributed by atoms with Crippen LogP contribution in [0.25, 0.3) is 11.1 Å². The van der Waals surface area contributed by atoms with Gasteiger partial charge in [-0.05, 0) is 48.2 Å². The zero-order chi connectivity index (χ0) is 16.1. The molecule has 0 heterocycles. The third-order valence-corrected chi connectivity index (χ3v) is 3.39. The molecule has 0 bridgehead atoms. The van der Waals surface area contributed by atoms with Crippen LogP contribution in [0.5, 0.6) is 0 Å². The predicted molar refractivity (Wildman–Crippen MR) is 84.2 cm³/mol. The molecule has 0 aliphatic heterocycles. The van der Waals surface area contributed by atoms with Crippen molar-refractivity contribution in [3.63, 3.8) is 0 Å². The minimum atomic E-state index is -1.07. The number of carbonyl (C=O) groups excluding carboxylic acids is 1. The second-order valence-electron chi connectivity index (χ2n) is 4.88. The Bertz CT molecular complexity index is 687. The molecule has 0 saturated heterocycles. The quantitative estimate of drug-likeness (QED) is 0.853. The Morgan fingerprint density at radius 3 is 2.14 bits per heavy atom. The van der Waals surface area contributed by atoms with Gasteiger partial charge in [0.1, 0.15) is 0 Å². The van der Waals surface area contributed by atoms with E-state index in [9.17, 15) is 14.7 Å². The molecule has 0 saturated carbocycles. The van der Waals surface area contributed by atoms with Gasteiger partial charge in [-0.25, -0.2) is 9.59 Å². The summed E-state index contributed by atoms with van der Waals surface area (Å²) in [7, 11) is 0. The lowest BCUT2D eigenvalue weighted by Gasteiger charge is -2.08. The van der Waals surface area contributed by atoms with E-state index >= 15 is 0 Å². The number of hydrogen-bond donors (Lipinski definition) is 1. The molecule has 0 amide bonds. The number of carbonyl (C=O) groups is 2. The molecule has 22 heavy (non-hydrogen) atoms. The molecule has 0 aromatic heterocycles. The molecular formula is C18H18O4. The van der Waals surface area contributed by atoms with E-state index in [1.54, 1.807) is 19.1 Å². The van der Waals surface area contributed by atoms with E-state index in [1.165, 1.54) is 11.6 Å². The van der Waals surface area contributed by atoms with Gasteiger partial charge in [0.25, 0.3) is 0 Å². The van der Waals surface area contributed by atoms with E-state index in [2.05, 4.69) is 6.92 Å². The van der Waals surface area contributed by atoms with Crippen LogP contribution >= 0.6 is 0 Å². The lowest BCUT2D eigenvalue weighted by molar-refractivity contribution is 0.0526. The van der Waals surface area contributed by atoms with Crippen LogP contribution in [0.15, 0.2) is 42.5 Å². The Hall–Kier alpha value is -2.62. The number of carboxylic acids is 1. The van der Waals surface area contributed by atoms with Crippen molar-refractivity contribution >= 4 is 11.9 Å². The number of esters is 1. The molecule has 0 radical (unpaired) electrons. The van der Waals surface area contributed by atoms with E-state index in [4.69, 9.17) is 4.74 Å². The molecule has 2 rings (SSSR count). The van der Waals surface area contributed by atoms with Gasteiger partial charge in [-0.1, -0.05) is 31.2 Å². The fourth-order valence-corrected chi connectivity index (χ4v) is 2.18. The minimum absolute atomic E-state index is 0.0696. The predicted octanol–water partition coefficient (Wildman–Crippen LogP) is 3.79. The van der Waals surface area contributed by atoms with Crippen LogP contribution in [-0.2, 0) is 11.2 Å². The molecule has 2 aromatic rings. The topological polar surface area (TPSA) is 63.6 Å². The van der Waals surface area contributed by atoms with Gasteiger partial charge in [0.15, 0.2) is 0 Å². The first-order chi connectivity index (χ1) is 10.5. The van der Waals surface area contributed by atoms with Crippen LogP contribution in [0.4, 0.5) is 0 Å². The van der Waals surface area contributed by atoms with Gasteiger partial charge < -0.3 is 9.84 Å². The van der Waals surface area contributed by atoms with Crippen LogP contribution in [0, 0.1) is 0 Å². The molecule has 0 unspecified atom stereocenters. The summed E-state index contributed by atoms with van der Waals surface area (Å²) in [6.07, 6.45) is 0.934. The Kier molecular flexibility index (Phi) is 4.94. The lowest BCUT2D eigenvalue weighted by atomic mass is 9.98. The second kappa shape index (κ2) is 6.89. The molecule has 2 aromatic carbocycles. The minimum Gasteiger partial charge on any atom is -0.478 e. The van der Waals surface area contributed by atoms with E-state index in [1.807, 2.05) is 24.3 Å². The number of hydrogen-bond acceptors (Lipinski definition) is 3. The van der Waals surface area contributed by atoms with Gasteiger partial charge in [0, 0.05) is 0 Å². The van der Waals surface area contributed by atoms with Crippen LogP contribution < -0.4 is 0 Å². The van der Waals surface area contributed by atoms with E-state index < -0.39 is 11.9 Å². The molecule has 114 valence electrons. The Morgan fingerprint density at radius 1 is 0.955 bits per heavy atom. The summed E-state index contributed by atoms with van der Waals surface area (Å²) in [5.74, 6) is -1.59. The van der Waals surface area contributed by atoms with Crippen molar-refractivity contribution in [2.45, 2.75) is 20.3 Å². The standard InChI is InChI=1S/C18H18O4/c1-3-12-5-7-13(8-6-12)14-9-15(17(19)20)11-16(10-14)18(21)22-4-2/h5-11H,3-4H2,1-2H3,(H,19,20). The first kappa shape index (κ1) is 15.8. The lowest BCUT2D eigenvalue weighted by Crippen LogP contribution is -2.07.